The zero-order valence-corrected chi connectivity index (χ0v) is 20.9. The molecule has 1 amide bonds. The molecule has 184 valence electrons. The Labute approximate surface area is 203 Å². The highest BCUT2D eigenvalue weighted by Gasteiger charge is 2.46. The number of pyridine rings is 1. The largest absolute Gasteiger partial charge is 0.485 e. The minimum Gasteiger partial charge on any atom is -0.485 e. The van der Waals surface area contributed by atoms with E-state index in [9.17, 15) is 9.90 Å². The summed E-state index contributed by atoms with van der Waals surface area (Å²) >= 11 is 0. The number of aromatic nitrogens is 1. The van der Waals surface area contributed by atoms with E-state index < -0.39 is 6.10 Å². The third-order valence-corrected chi connectivity index (χ3v) is 6.93. The summed E-state index contributed by atoms with van der Waals surface area (Å²) in [7, 11) is 0. The van der Waals surface area contributed by atoms with E-state index in [4.69, 9.17) is 4.74 Å². The van der Waals surface area contributed by atoms with E-state index in [1.165, 1.54) is 13.3 Å². The first-order valence-electron chi connectivity index (χ1n) is 12.5. The molecular weight excluding hydrogens is 426 g/mol. The lowest BCUT2D eigenvalue weighted by Gasteiger charge is -2.48. The van der Waals surface area contributed by atoms with Crippen LogP contribution in [0.15, 0.2) is 42.6 Å². The van der Waals surface area contributed by atoms with Gasteiger partial charge in [-0.05, 0) is 49.1 Å². The van der Waals surface area contributed by atoms with E-state index >= 15 is 0 Å². The topological polar surface area (TPSA) is 83.5 Å². The fourth-order valence-electron chi connectivity index (χ4n) is 5.14. The Bertz CT molecular complexity index is 982. The number of nitrogens with zero attached hydrogens (tertiary/aromatic N) is 1. The van der Waals surface area contributed by atoms with Gasteiger partial charge in [-0.3, -0.25) is 9.78 Å². The lowest BCUT2D eigenvalue weighted by atomic mass is 9.73. The number of aliphatic hydroxyl groups is 1. The van der Waals surface area contributed by atoms with Crippen molar-refractivity contribution >= 4 is 5.91 Å². The number of aliphatic hydroxyl groups excluding tert-OH is 1. The number of fused-ring (bicyclic) bond motifs is 1. The molecule has 0 bridgehead atoms. The molecule has 4 rings (SSSR count). The van der Waals surface area contributed by atoms with Crippen molar-refractivity contribution in [2.45, 2.75) is 90.0 Å². The van der Waals surface area contributed by atoms with Crippen LogP contribution in [0.3, 0.4) is 0 Å². The first-order chi connectivity index (χ1) is 16.1. The Morgan fingerprint density at radius 2 is 2.00 bits per heavy atom. The van der Waals surface area contributed by atoms with Crippen LogP contribution in [0, 0.1) is 5.41 Å². The van der Waals surface area contributed by atoms with Gasteiger partial charge in [-0.15, -0.1) is 0 Å². The molecule has 34 heavy (non-hydrogen) atoms. The van der Waals surface area contributed by atoms with Gasteiger partial charge in [0.25, 0.3) is 0 Å². The van der Waals surface area contributed by atoms with E-state index in [1.54, 1.807) is 0 Å². The fourth-order valence-corrected chi connectivity index (χ4v) is 5.14. The maximum atomic E-state index is 11.8. The second-order valence-electron chi connectivity index (χ2n) is 11.3. The Hall–Kier alpha value is -2.44. The van der Waals surface area contributed by atoms with Crippen molar-refractivity contribution in [1.82, 2.24) is 15.6 Å². The van der Waals surface area contributed by atoms with Crippen molar-refractivity contribution in [2.75, 3.05) is 6.54 Å². The van der Waals surface area contributed by atoms with Gasteiger partial charge in [0.2, 0.25) is 5.91 Å². The van der Waals surface area contributed by atoms with Crippen LogP contribution in [0.4, 0.5) is 0 Å². The third kappa shape index (κ3) is 6.16. The molecule has 1 aliphatic heterocycles. The average Bonchev–Trinajstić information content (AvgIpc) is 2.75. The summed E-state index contributed by atoms with van der Waals surface area (Å²) in [6.07, 6.45) is 6.81. The van der Waals surface area contributed by atoms with Gasteiger partial charge in [0.1, 0.15) is 11.4 Å². The maximum absolute atomic E-state index is 11.8. The van der Waals surface area contributed by atoms with E-state index in [0.29, 0.717) is 13.0 Å². The number of hydrogen-bond donors (Lipinski definition) is 3. The van der Waals surface area contributed by atoms with Gasteiger partial charge in [0.05, 0.1) is 18.3 Å². The monoisotopic (exact) mass is 465 g/mol. The summed E-state index contributed by atoms with van der Waals surface area (Å²) in [5, 5.41) is 17.7. The van der Waals surface area contributed by atoms with Crippen LogP contribution in [-0.2, 0) is 17.6 Å². The van der Waals surface area contributed by atoms with E-state index in [1.807, 2.05) is 36.5 Å². The molecule has 1 aromatic heterocycles. The van der Waals surface area contributed by atoms with Crippen LogP contribution >= 0.6 is 0 Å². The van der Waals surface area contributed by atoms with E-state index in [0.717, 1.165) is 48.3 Å². The lowest BCUT2D eigenvalue weighted by Crippen LogP contribution is -2.52. The average molecular weight is 466 g/mol. The molecule has 3 atom stereocenters. The second kappa shape index (κ2) is 10.0. The van der Waals surface area contributed by atoms with E-state index in [-0.39, 0.29) is 29.0 Å². The first kappa shape index (κ1) is 24.7. The Morgan fingerprint density at radius 1 is 1.26 bits per heavy atom. The number of ether oxygens (including phenoxy) is 1. The lowest BCUT2D eigenvalue weighted by molar-refractivity contribution is -0.120. The Morgan fingerprint density at radius 3 is 2.62 bits per heavy atom. The summed E-state index contributed by atoms with van der Waals surface area (Å²) in [4.78, 5) is 16.5. The molecular formula is C28H39N3O3. The van der Waals surface area contributed by atoms with Crippen LogP contribution < -0.4 is 15.4 Å². The number of amides is 1. The SMILES string of the molecule is CC(=O)N[C@@H](Cc1ccccc1)[C@H](O)CN[C@H]1CC2(CCC2)Oc2cnc(CC(C)(C)C)cc21. The standard InChI is InChI=1S/C28H39N3O3/c1-19(32)31-23(13-20-9-6-5-7-10-20)25(33)17-30-24-16-28(11-8-12-28)34-26-18-29-21(14-22(24)26)15-27(2,3)4/h5-7,9-10,14,18,23-25,30,33H,8,11-13,15-17H2,1-4H3,(H,31,32)/t23-,24-,25+/m0/s1. The number of carbonyl (C=O) groups is 1. The minimum absolute atomic E-state index is 0.0788. The number of nitrogens with one attached hydrogen (secondary N) is 2. The highest BCUT2D eigenvalue weighted by atomic mass is 16.5. The molecule has 6 nitrogen and oxygen atoms in total. The van der Waals surface area contributed by atoms with Gasteiger partial charge >= 0.3 is 0 Å². The number of rotatable bonds is 8. The van der Waals surface area contributed by atoms with Gasteiger partial charge < -0.3 is 20.5 Å². The van der Waals surface area contributed by atoms with Gasteiger partial charge in [-0.1, -0.05) is 51.1 Å². The van der Waals surface area contributed by atoms with Crippen molar-refractivity contribution in [3.05, 3.63) is 59.4 Å². The summed E-state index contributed by atoms with van der Waals surface area (Å²) in [6.45, 7) is 8.53. The van der Waals surface area contributed by atoms with Gasteiger partial charge in [-0.25, -0.2) is 0 Å². The zero-order valence-electron chi connectivity index (χ0n) is 20.9. The van der Waals surface area contributed by atoms with Gasteiger partial charge in [-0.2, -0.15) is 0 Å². The molecule has 2 heterocycles. The Kier molecular flexibility index (Phi) is 7.29. The highest BCUT2D eigenvalue weighted by Crippen LogP contribution is 2.48. The number of benzene rings is 1. The summed E-state index contributed by atoms with van der Waals surface area (Å²) in [5.74, 6) is 0.723. The molecule has 3 N–H and O–H groups in total. The molecule has 1 fully saturated rings. The van der Waals surface area contributed by atoms with Crippen molar-refractivity contribution in [3.63, 3.8) is 0 Å². The highest BCUT2D eigenvalue weighted by molar-refractivity contribution is 5.73. The number of hydrogen-bond acceptors (Lipinski definition) is 5. The maximum Gasteiger partial charge on any atom is 0.217 e. The van der Waals surface area contributed by atoms with Crippen LogP contribution in [0.2, 0.25) is 0 Å². The van der Waals surface area contributed by atoms with Crippen LogP contribution in [0.1, 0.15) is 76.2 Å². The molecule has 2 aliphatic rings. The first-order valence-corrected chi connectivity index (χ1v) is 12.5. The van der Waals surface area contributed by atoms with Gasteiger partial charge in [0.15, 0.2) is 0 Å². The molecule has 2 aromatic rings. The van der Waals surface area contributed by atoms with Crippen LogP contribution in [0.5, 0.6) is 5.75 Å². The van der Waals surface area contributed by atoms with Crippen molar-refractivity contribution < 1.29 is 14.6 Å². The molecule has 1 aliphatic carbocycles. The van der Waals surface area contributed by atoms with Crippen molar-refractivity contribution in [1.29, 1.82) is 0 Å². The fraction of sp³-hybridized carbons (Fsp3) is 0.571. The van der Waals surface area contributed by atoms with Crippen LogP contribution in [-0.4, -0.2) is 40.3 Å². The normalized spacial score (nSPS) is 20.6. The van der Waals surface area contributed by atoms with Crippen molar-refractivity contribution in [3.8, 4) is 5.75 Å². The molecule has 0 saturated heterocycles. The summed E-state index contributed by atoms with van der Waals surface area (Å²) < 4.78 is 6.43. The number of carbonyl (C=O) groups excluding carboxylic acids is 1. The quantitative estimate of drug-likeness (QED) is 0.546. The summed E-state index contributed by atoms with van der Waals surface area (Å²) in [6, 6.07) is 11.9. The molecule has 1 saturated carbocycles. The molecule has 0 unspecified atom stereocenters. The Balaban J connectivity index is 1.50. The van der Waals surface area contributed by atoms with Crippen LogP contribution in [0.25, 0.3) is 0 Å². The third-order valence-electron chi connectivity index (χ3n) is 6.93. The molecule has 0 radical (unpaired) electrons. The minimum atomic E-state index is -0.719. The molecule has 1 aromatic carbocycles. The predicted octanol–water partition coefficient (Wildman–Crippen LogP) is 4.11. The zero-order chi connectivity index (χ0) is 24.3. The second-order valence-corrected chi connectivity index (χ2v) is 11.3. The predicted molar refractivity (Wildman–Crippen MR) is 134 cm³/mol. The van der Waals surface area contributed by atoms with Gasteiger partial charge in [0, 0.05) is 37.2 Å². The molecule has 1 spiro atoms. The molecule has 6 heteroatoms. The van der Waals surface area contributed by atoms with Crippen molar-refractivity contribution in [2.24, 2.45) is 5.41 Å². The van der Waals surface area contributed by atoms with E-state index in [2.05, 4.69) is 42.5 Å². The summed E-state index contributed by atoms with van der Waals surface area (Å²) in [5.41, 5.74) is 3.30. The smallest absolute Gasteiger partial charge is 0.217 e.